The van der Waals surface area contributed by atoms with Gasteiger partial charge in [0, 0.05) is 62.7 Å². The largest absolute Gasteiger partial charge is 0.474 e. The Morgan fingerprint density at radius 2 is 0.722 bits per heavy atom. The van der Waals surface area contributed by atoms with Gasteiger partial charge in [0.15, 0.2) is 0 Å². The number of amides is 9. The van der Waals surface area contributed by atoms with Crippen molar-refractivity contribution in [2.45, 2.75) is 32.6 Å². The van der Waals surface area contributed by atoms with Crippen LogP contribution in [0.1, 0.15) is 106 Å². The second kappa shape index (κ2) is 54.8. The maximum Gasteiger partial charge on any atom is 0.426 e. The van der Waals surface area contributed by atoms with Crippen LogP contribution in [0.4, 0.5) is 31.6 Å². The molecule has 0 spiro atoms. The number of ether oxygens (including phenoxy) is 3. The fourth-order valence-corrected chi connectivity index (χ4v) is 12.3. The molecule has 0 saturated heterocycles. The molecular weight excluding hydrogens is 1750 g/mol. The van der Waals surface area contributed by atoms with E-state index in [-0.39, 0.29) is 101 Å². The summed E-state index contributed by atoms with van der Waals surface area (Å²) < 4.78 is 16.0. The molecule has 0 fully saturated rings. The SMILES string of the molecule is C.C.C#CC#CC#CC#CC#CC#CC#CC#CC#CC#CC#C.N=N/N=N/N(OOO)OOO.O=C(NNC(=O)c1cc(NC(=O)C(=O)O)ncn1)OCC1c2ccccc2-c2ccccc21.O=C(NNC(=O)c1ccccc1NC(=O)C(=O)O)OCC1c2ccccc2-c2ccccc21.O=C(NNC(=O)c1sccc1NC(=O)C(=O)O)OCC1c2ccccc2-c2ccccc21.[HH].[HH].[HH].[HH].[HH].[HH].[HH]. The molecule has 2 heterocycles. The van der Waals surface area contributed by atoms with Gasteiger partial charge < -0.3 is 45.5 Å². The van der Waals surface area contributed by atoms with Gasteiger partial charge in [-0.2, -0.15) is 5.53 Å². The summed E-state index contributed by atoms with van der Waals surface area (Å²) in [7, 11) is 0. The summed E-state index contributed by atoms with van der Waals surface area (Å²) >= 11 is 0.970. The standard InChI is InChI=1S/C24H19N3O6.C22H17N5O6.C22H17N3O6S.C22H2.2CH4.H3N5O6.7H2/c28-21(18-11-5-6-12-20(18)25-22(29)23(30)31)26-27-24(32)33-13-19-16-9-3-1-7-14(16)15-8-2-4-10-17(15)19;28-19(17-9-18(24-11-23-17)25-20(29)21(30)31)26-27-22(32)33-10-16-14-7-3-1-5-12(14)13-6-2-4-8-15(13)16;26-19(18-17(9-10-32-18)23-20(27)21(28)29)24-25-22(30)31-11-16-14-7-3-1-5-12(14)13-6-2-4-8-15(13)16;1-3-5-7-9-11-13-15-17-19-21-22-20-18-16-14-12-10-8-6-4-2;;;1-2-3-4-5(8-10-6)9-11-7;;;;;;;/h1-12,19H,13H2,(H,25,29)(H,26,28)(H,27,32)(H,30,31);1-9,11,16H,10H2,(H,26,28)(H,27,32)(H,30,31)(H,23,24,25,29);1-10,16H,11H2,(H,23,27)(H,24,26)(H,25,30)(H,28,29);1-2H;2*1H4;1,6-7H;7*1H/b;;;;;;2-1?,4-3+;;;;;;;. The van der Waals surface area contributed by atoms with Gasteiger partial charge in [-0.15, -0.1) is 24.2 Å². The summed E-state index contributed by atoms with van der Waals surface area (Å²) in [5.41, 5.74) is 31.7. The molecule has 7 aromatic carbocycles. The Hall–Kier alpha value is -19.7. The van der Waals surface area contributed by atoms with Crippen LogP contribution in [0.2, 0.25) is 0 Å². The summed E-state index contributed by atoms with van der Waals surface area (Å²) in [6.45, 7) is 0.213. The number of aliphatic carboxylic acids is 3. The molecule has 2 aromatic heterocycles. The van der Waals surface area contributed by atoms with Crippen molar-refractivity contribution in [3.05, 3.63) is 243 Å². The normalized spacial score (nSPS) is 10.1. The predicted molar refractivity (Wildman–Crippen MR) is 486 cm³/mol. The Balaban J connectivity index is 0. The highest BCUT2D eigenvalue weighted by molar-refractivity contribution is 7.12. The minimum atomic E-state index is -1.71. The smallest absolute Gasteiger partial charge is 0.426 e. The first-order chi connectivity index (χ1) is 63.6. The Morgan fingerprint density at radius 1 is 0.406 bits per heavy atom. The van der Waals surface area contributed by atoms with Crippen LogP contribution in [0.15, 0.2) is 209 Å². The monoisotopic (exact) mass is 1820 g/mol. The van der Waals surface area contributed by atoms with Gasteiger partial charge in [-0.05, 0) is 216 Å². The number of thiophene rings is 1. The number of carboxylic acids is 3. The molecule has 15 N–H and O–H groups in total. The van der Waals surface area contributed by atoms with Crippen molar-refractivity contribution in [3.63, 3.8) is 0 Å². The second-order valence-electron chi connectivity index (χ2n) is 24.3. The highest BCUT2D eigenvalue weighted by Crippen LogP contribution is 2.47. The predicted octanol–water partition coefficient (Wildman–Crippen LogP) is 11.1. The van der Waals surface area contributed by atoms with Gasteiger partial charge in [-0.25, -0.2) is 65.5 Å². The minimum absolute atomic E-state index is 0. The lowest BCUT2D eigenvalue weighted by Crippen LogP contribution is -2.42. The number of hydrogen-bond donors (Lipinski definition) is 15. The maximum absolute atomic E-state index is 12.4. The van der Waals surface area contributed by atoms with Crippen molar-refractivity contribution in [2.24, 2.45) is 15.7 Å². The first kappa shape index (κ1) is 102. The molecular formula is C92H80N16O24S. The van der Waals surface area contributed by atoms with Crippen LogP contribution >= 0.6 is 11.3 Å². The van der Waals surface area contributed by atoms with Crippen LogP contribution in [0.5, 0.6) is 0 Å². The molecule has 133 heavy (non-hydrogen) atoms. The number of fused-ring (bicyclic) bond motifs is 9. The summed E-state index contributed by atoms with van der Waals surface area (Å²) in [4.78, 5) is 154. The molecule has 12 rings (SSSR count). The van der Waals surface area contributed by atoms with E-state index in [1.165, 1.54) is 35.7 Å². The maximum atomic E-state index is 12.4. The third-order valence-corrected chi connectivity index (χ3v) is 17.6. The number of nitrogens with zero attached hydrogens (tertiary/aromatic N) is 6. The molecule has 40 nitrogen and oxygen atoms in total. The Morgan fingerprint density at radius 3 is 1.07 bits per heavy atom. The first-order valence-electron chi connectivity index (χ1n) is 36.4. The number of terminal acetylenes is 2. The fraction of sp³-hybridized carbons (Fsp3) is 0.0870. The number of hydrogen-bond acceptors (Lipinski definition) is 26. The fourth-order valence-electron chi connectivity index (χ4n) is 11.6. The molecule has 0 saturated carbocycles. The lowest BCUT2D eigenvalue weighted by atomic mass is 9.98. The quantitative estimate of drug-likeness (QED) is 0.00947. The zero-order chi connectivity index (χ0) is 94.1. The number of anilines is 3. The third kappa shape index (κ3) is 31.5. The van der Waals surface area contributed by atoms with Crippen molar-refractivity contribution in [1.29, 1.82) is 5.53 Å². The van der Waals surface area contributed by atoms with Crippen molar-refractivity contribution in [2.75, 3.05) is 35.8 Å². The van der Waals surface area contributed by atoms with Crippen LogP contribution in [-0.2, 0) is 63.0 Å². The number of rotatable bonds is 18. The first-order valence-corrected chi connectivity index (χ1v) is 37.3. The number of benzene rings is 7. The van der Waals surface area contributed by atoms with Crippen LogP contribution in [0, 0.1) is 137 Å². The van der Waals surface area contributed by atoms with Crippen molar-refractivity contribution in [3.8, 4) is 165 Å². The van der Waals surface area contributed by atoms with Gasteiger partial charge >= 0.3 is 53.9 Å². The van der Waals surface area contributed by atoms with Crippen molar-refractivity contribution >= 4 is 100 Å². The minimum Gasteiger partial charge on any atom is -0.474 e. The summed E-state index contributed by atoms with van der Waals surface area (Å²) in [6, 6.07) is 55.6. The lowest BCUT2D eigenvalue weighted by molar-refractivity contribution is -0.703. The van der Waals surface area contributed by atoms with Gasteiger partial charge in [-0.3, -0.25) is 45.0 Å². The van der Waals surface area contributed by atoms with E-state index in [1.54, 1.807) is 0 Å². The highest BCUT2D eigenvalue weighted by Gasteiger charge is 2.33. The molecule has 9 amide bonds. The average Bonchev–Trinajstić information content (AvgIpc) is 1.63. The Bertz CT molecular complexity index is 6480. The van der Waals surface area contributed by atoms with Crippen LogP contribution in [-0.4, -0.2) is 133 Å². The molecule has 678 valence electrons. The number of carbonyl (C=O) groups excluding carboxylic acids is 9. The molecule has 3 aliphatic carbocycles. The van der Waals surface area contributed by atoms with Crippen molar-refractivity contribution < 1.29 is 128 Å². The number of aromatic nitrogens is 2. The van der Waals surface area contributed by atoms with E-state index in [2.05, 4.69) is 207 Å². The van der Waals surface area contributed by atoms with E-state index in [4.69, 9.17) is 58.4 Å². The molecule has 0 unspecified atom stereocenters. The average molecular weight is 1830 g/mol. The number of nitrogens with one attached hydrogen (secondary N) is 10. The zero-order valence-electron chi connectivity index (χ0n) is 66.6. The van der Waals surface area contributed by atoms with Crippen LogP contribution in [0.3, 0.4) is 0 Å². The van der Waals surface area contributed by atoms with E-state index in [0.717, 1.165) is 90.5 Å². The molecule has 0 radical (unpaired) electrons. The molecule has 3 aliphatic rings. The van der Waals surface area contributed by atoms with Crippen molar-refractivity contribution in [1.82, 2.24) is 47.9 Å². The van der Waals surface area contributed by atoms with E-state index < -0.39 is 71.6 Å². The lowest BCUT2D eigenvalue weighted by Gasteiger charge is -2.15. The number of carbonyl (C=O) groups is 12. The highest BCUT2D eigenvalue weighted by atomic mass is 32.1. The van der Waals surface area contributed by atoms with Gasteiger partial charge in [0.05, 0.1) is 22.3 Å². The summed E-state index contributed by atoms with van der Waals surface area (Å²) in [6.07, 6.45) is 8.16. The van der Waals surface area contributed by atoms with E-state index in [0.29, 0.717) is 0 Å². The van der Waals surface area contributed by atoms with E-state index >= 15 is 0 Å². The molecule has 41 heteroatoms. The molecule has 0 aliphatic heterocycles. The van der Waals surface area contributed by atoms with Crippen LogP contribution in [0.25, 0.3) is 33.4 Å². The van der Waals surface area contributed by atoms with E-state index in [1.807, 2.05) is 151 Å². The molecule has 0 bridgehead atoms. The van der Waals surface area contributed by atoms with E-state index in [9.17, 15) is 57.5 Å². The zero-order valence-corrected chi connectivity index (χ0v) is 67.4. The number of para-hydroxylation sites is 1. The topological polar surface area (TPSA) is 569 Å². The van der Waals surface area contributed by atoms with Gasteiger partial charge in [0.2, 0.25) is 0 Å². The van der Waals surface area contributed by atoms with Gasteiger partial charge in [-0.1, -0.05) is 173 Å². The van der Waals surface area contributed by atoms with Crippen LogP contribution < -0.4 is 48.5 Å². The molecule has 9 aromatic rings. The summed E-state index contributed by atoms with van der Waals surface area (Å²) in [5, 5.41) is 62.5. The van der Waals surface area contributed by atoms with Gasteiger partial charge in [0.1, 0.15) is 42.5 Å². The molecule has 0 atom stereocenters. The summed E-state index contributed by atoms with van der Waals surface area (Å²) in [5.74, 6) is 36.3. The second-order valence-corrected chi connectivity index (χ2v) is 25.3. The number of carboxylic acid groups (broad SMARTS) is 3. The number of hydrazine groups is 3. The third-order valence-electron chi connectivity index (χ3n) is 16.7. The Labute approximate surface area is 769 Å². The van der Waals surface area contributed by atoms with Gasteiger partial charge in [0.25, 0.3) is 17.7 Å². The Kier molecular flexibility index (Phi) is 42.1.